The van der Waals surface area contributed by atoms with Crippen molar-refractivity contribution in [2.75, 3.05) is 11.9 Å². The molecule has 0 saturated heterocycles. The highest BCUT2D eigenvalue weighted by atomic mass is 32.1. The molecule has 96 valence electrons. The van der Waals surface area contributed by atoms with E-state index < -0.39 is 0 Å². The fourth-order valence-corrected chi connectivity index (χ4v) is 2.21. The molecular weight excluding hydrogens is 244 g/mol. The lowest BCUT2D eigenvalue weighted by Gasteiger charge is -2.09. The average Bonchev–Trinajstić information content (AvgIpc) is 2.81. The zero-order valence-electron chi connectivity index (χ0n) is 11.0. The quantitative estimate of drug-likeness (QED) is 0.900. The number of anilines is 1. The second-order valence-corrected chi connectivity index (χ2v) is 5.28. The zero-order chi connectivity index (χ0) is 13.0. The summed E-state index contributed by atoms with van der Waals surface area (Å²) in [6.07, 6.45) is 0.920. The van der Waals surface area contributed by atoms with E-state index in [0.717, 1.165) is 36.0 Å². The molecule has 0 atom stereocenters. The van der Waals surface area contributed by atoms with E-state index in [-0.39, 0.29) is 0 Å². The Kier molecular flexibility index (Phi) is 4.25. The highest BCUT2D eigenvalue weighted by Crippen LogP contribution is 2.13. The molecule has 2 rings (SSSR count). The first-order chi connectivity index (χ1) is 8.65. The van der Waals surface area contributed by atoms with Crippen molar-refractivity contribution in [3.8, 4) is 0 Å². The fourth-order valence-electron chi connectivity index (χ4n) is 1.62. The van der Waals surface area contributed by atoms with Crippen LogP contribution in [-0.4, -0.2) is 21.5 Å². The molecule has 2 aromatic heterocycles. The molecule has 0 aromatic carbocycles. The van der Waals surface area contributed by atoms with Crippen molar-refractivity contribution >= 4 is 17.2 Å². The van der Waals surface area contributed by atoms with Crippen molar-refractivity contribution < 1.29 is 0 Å². The van der Waals surface area contributed by atoms with E-state index in [1.807, 2.05) is 18.5 Å². The number of aryl methyl sites for hydroxylation is 1. The highest BCUT2D eigenvalue weighted by molar-refractivity contribution is 7.07. The van der Waals surface area contributed by atoms with E-state index in [2.05, 4.69) is 39.5 Å². The largest absolute Gasteiger partial charge is 0.370 e. The lowest BCUT2D eigenvalue weighted by molar-refractivity contribution is 0.766. The molecule has 0 aliphatic rings. The topological polar surface area (TPSA) is 50.7 Å². The van der Waals surface area contributed by atoms with Gasteiger partial charge < -0.3 is 5.32 Å². The summed E-state index contributed by atoms with van der Waals surface area (Å²) in [4.78, 5) is 13.2. The van der Waals surface area contributed by atoms with Gasteiger partial charge in [-0.1, -0.05) is 13.8 Å². The maximum Gasteiger partial charge on any atom is 0.133 e. The smallest absolute Gasteiger partial charge is 0.133 e. The molecule has 0 unspecified atom stereocenters. The molecule has 0 aliphatic carbocycles. The molecule has 2 aromatic rings. The second-order valence-electron chi connectivity index (χ2n) is 4.56. The van der Waals surface area contributed by atoms with Gasteiger partial charge in [-0.05, 0) is 6.92 Å². The van der Waals surface area contributed by atoms with Gasteiger partial charge in [0.05, 0.1) is 11.2 Å². The monoisotopic (exact) mass is 262 g/mol. The summed E-state index contributed by atoms with van der Waals surface area (Å²) in [5.41, 5.74) is 3.99. The van der Waals surface area contributed by atoms with Crippen molar-refractivity contribution in [2.45, 2.75) is 33.1 Å². The molecule has 0 aliphatic heterocycles. The van der Waals surface area contributed by atoms with Crippen LogP contribution in [0.1, 0.15) is 37.0 Å². The van der Waals surface area contributed by atoms with Crippen LogP contribution in [0.3, 0.4) is 0 Å². The summed E-state index contributed by atoms with van der Waals surface area (Å²) >= 11 is 1.63. The molecule has 4 nitrogen and oxygen atoms in total. The molecule has 0 amide bonds. The number of hydrogen-bond acceptors (Lipinski definition) is 5. The summed E-state index contributed by atoms with van der Waals surface area (Å²) in [7, 11) is 0. The first-order valence-corrected chi connectivity index (χ1v) is 7.06. The molecule has 0 fully saturated rings. The molecule has 0 bridgehead atoms. The zero-order valence-corrected chi connectivity index (χ0v) is 11.8. The normalized spacial score (nSPS) is 10.9. The van der Waals surface area contributed by atoms with Gasteiger partial charge in [0, 0.05) is 36.0 Å². The van der Waals surface area contributed by atoms with Crippen molar-refractivity contribution in [1.29, 1.82) is 0 Å². The Hall–Kier alpha value is -1.49. The Morgan fingerprint density at radius 1 is 1.33 bits per heavy atom. The average molecular weight is 262 g/mol. The van der Waals surface area contributed by atoms with E-state index in [1.54, 1.807) is 11.3 Å². The van der Waals surface area contributed by atoms with E-state index in [9.17, 15) is 0 Å². The van der Waals surface area contributed by atoms with Gasteiger partial charge in [0.1, 0.15) is 11.6 Å². The van der Waals surface area contributed by atoms with Crippen LogP contribution < -0.4 is 5.32 Å². The van der Waals surface area contributed by atoms with E-state index in [1.165, 1.54) is 0 Å². The van der Waals surface area contributed by atoms with Crippen LogP contribution in [-0.2, 0) is 6.42 Å². The number of rotatable bonds is 5. The summed E-state index contributed by atoms with van der Waals surface area (Å²) in [5.74, 6) is 2.15. The summed E-state index contributed by atoms with van der Waals surface area (Å²) in [6, 6.07) is 1.98. The van der Waals surface area contributed by atoms with Crippen LogP contribution >= 0.6 is 11.3 Å². The van der Waals surface area contributed by atoms with E-state index in [4.69, 9.17) is 0 Å². The number of thiazole rings is 1. The summed E-state index contributed by atoms with van der Waals surface area (Å²) < 4.78 is 0. The molecule has 18 heavy (non-hydrogen) atoms. The minimum Gasteiger partial charge on any atom is -0.370 e. The van der Waals surface area contributed by atoms with Gasteiger partial charge in [0.2, 0.25) is 0 Å². The van der Waals surface area contributed by atoms with Crippen LogP contribution in [0.5, 0.6) is 0 Å². The van der Waals surface area contributed by atoms with Crippen LogP contribution in [0.15, 0.2) is 17.0 Å². The second kappa shape index (κ2) is 5.91. The maximum atomic E-state index is 4.51. The van der Waals surface area contributed by atoms with Crippen molar-refractivity contribution in [1.82, 2.24) is 15.0 Å². The first-order valence-electron chi connectivity index (χ1n) is 6.11. The lowest BCUT2D eigenvalue weighted by atomic mass is 10.2. The van der Waals surface area contributed by atoms with Gasteiger partial charge in [-0.25, -0.2) is 15.0 Å². The fraction of sp³-hybridized carbons (Fsp3) is 0.462. The Morgan fingerprint density at radius 3 is 2.83 bits per heavy atom. The Balaban J connectivity index is 1.96. The van der Waals surface area contributed by atoms with Gasteiger partial charge in [-0.3, -0.25) is 0 Å². The number of hydrogen-bond donors (Lipinski definition) is 1. The van der Waals surface area contributed by atoms with Gasteiger partial charge >= 0.3 is 0 Å². The standard InChI is InChI=1S/C13H18N4S/c1-9(2)13-16-10(3)6-12(17-13)14-5-4-11-7-18-8-15-11/h6-9H,4-5H2,1-3H3,(H,14,16,17). The number of aromatic nitrogens is 3. The predicted octanol–water partition coefficient (Wildman–Crippen LogP) is 3.02. The number of nitrogens with one attached hydrogen (secondary N) is 1. The third-order valence-electron chi connectivity index (χ3n) is 2.56. The Morgan fingerprint density at radius 2 is 2.17 bits per heavy atom. The third kappa shape index (κ3) is 3.50. The van der Waals surface area contributed by atoms with Crippen molar-refractivity contribution in [3.63, 3.8) is 0 Å². The molecule has 0 radical (unpaired) electrons. The van der Waals surface area contributed by atoms with E-state index in [0.29, 0.717) is 5.92 Å². The molecule has 0 saturated carbocycles. The SMILES string of the molecule is Cc1cc(NCCc2cscn2)nc(C(C)C)n1. The van der Waals surface area contributed by atoms with Crippen LogP contribution in [0.25, 0.3) is 0 Å². The number of nitrogens with zero attached hydrogens (tertiary/aromatic N) is 3. The highest BCUT2D eigenvalue weighted by Gasteiger charge is 2.05. The lowest BCUT2D eigenvalue weighted by Crippen LogP contribution is -2.09. The van der Waals surface area contributed by atoms with Crippen molar-refractivity contribution in [2.24, 2.45) is 0 Å². The van der Waals surface area contributed by atoms with Crippen LogP contribution in [0.4, 0.5) is 5.82 Å². The third-order valence-corrected chi connectivity index (χ3v) is 3.19. The maximum absolute atomic E-state index is 4.51. The van der Waals surface area contributed by atoms with Crippen LogP contribution in [0, 0.1) is 6.92 Å². The minimum absolute atomic E-state index is 0.351. The van der Waals surface area contributed by atoms with Gasteiger partial charge in [0.15, 0.2) is 0 Å². The van der Waals surface area contributed by atoms with Crippen LogP contribution in [0.2, 0.25) is 0 Å². The Bertz CT molecular complexity index is 494. The van der Waals surface area contributed by atoms with Gasteiger partial charge in [-0.15, -0.1) is 11.3 Å². The first kappa shape index (κ1) is 13.0. The molecule has 1 N–H and O–H groups in total. The summed E-state index contributed by atoms with van der Waals surface area (Å²) in [5, 5.41) is 5.41. The van der Waals surface area contributed by atoms with Crippen molar-refractivity contribution in [3.05, 3.63) is 34.2 Å². The molecular formula is C13H18N4S. The van der Waals surface area contributed by atoms with E-state index >= 15 is 0 Å². The summed E-state index contributed by atoms with van der Waals surface area (Å²) in [6.45, 7) is 7.05. The molecule has 0 spiro atoms. The van der Waals surface area contributed by atoms with Gasteiger partial charge in [-0.2, -0.15) is 0 Å². The molecule has 5 heteroatoms. The predicted molar refractivity (Wildman–Crippen MR) is 75.2 cm³/mol. The minimum atomic E-state index is 0.351. The Labute approximate surface area is 112 Å². The molecule has 2 heterocycles. The van der Waals surface area contributed by atoms with Gasteiger partial charge in [0.25, 0.3) is 0 Å².